The summed E-state index contributed by atoms with van der Waals surface area (Å²) in [7, 11) is 0. The summed E-state index contributed by atoms with van der Waals surface area (Å²) in [6, 6.07) is 6.51. The number of aliphatic carboxylic acids is 1. The zero-order valence-electron chi connectivity index (χ0n) is 19.2. The van der Waals surface area contributed by atoms with Crippen molar-refractivity contribution in [1.82, 2.24) is 0 Å². The summed E-state index contributed by atoms with van der Waals surface area (Å²) in [6.07, 6.45) is -0.500. The molecule has 0 atom stereocenters. The average molecular weight is 472 g/mol. The Kier molecular flexibility index (Phi) is 36.7. The summed E-state index contributed by atoms with van der Waals surface area (Å²) < 4.78 is 4.86. The first-order valence-electron chi connectivity index (χ1n) is 9.02. The molecular weight excluding hydrogens is 432 g/mol. The fourth-order valence-electron chi connectivity index (χ4n) is 0.676. The summed E-state index contributed by atoms with van der Waals surface area (Å²) in [5.74, 6) is 0.923. The van der Waals surface area contributed by atoms with Gasteiger partial charge in [0.1, 0.15) is 5.75 Å². The van der Waals surface area contributed by atoms with Crippen LogP contribution in [-0.4, -0.2) is 51.3 Å². The maximum absolute atomic E-state index is 10.1. The van der Waals surface area contributed by atoms with Gasteiger partial charge in [-0.3, -0.25) is 0 Å². The molecule has 4 N–H and O–H groups in total. The standard InChI is InChI=1S/C8H7ClO3.C4H9.3C3H8O.Ti/c9-6-1-3-7(4-2-6)12-5-8(10)11;1-4(2)3;3*1-3(2)4;/h1-4H,5H2,(H,10,11);1-3H3;3*3-4H,1-2H3;/q;-1;;;;. The Bertz CT molecular complexity index is 402. The minimum atomic E-state index is -0.995. The molecule has 0 heterocycles. The van der Waals surface area contributed by atoms with E-state index in [1.54, 1.807) is 65.8 Å². The van der Waals surface area contributed by atoms with Crippen LogP contribution in [0.2, 0.25) is 5.02 Å². The Labute approximate surface area is 197 Å². The topological polar surface area (TPSA) is 107 Å². The first-order chi connectivity index (χ1) is 12.6. The molecule has 8 heteroatoms. The van der Waals surface area contributed by atoms with E-state index in [9.17, 15) is 4.79 Å². The van der Waals surface area contributed by atoms with E-state index >= 15 is 0 Å². The van der Waals surface area contributed by atoms with Crippen LogP contribution >= 0.6 is 11.6 Å². The Morgan fingerprint density at radius 3 is 1.34 bits per heavy atom. The number of aliphatic hydroxyl groups excluding tert-OH is 3. The van der Waals surface area contributed by atoms with Gasteiger partial charge in [-0.2, -0.15) is 20.8 Å². The van der Waals surface area contributed by atoms with Crippen LogP contribution < -0.4 is 4.74 Å². The molecule has 0 aliphatic rings. The van der Waals surface area contributed by atoms with E-state index in [1.165, 1.54) is 5.92 Å². The molecule has 0 unspecified atom stereocenters. The fraction of sp³-hybridized carbons (Fsp3) is 0.619. The molecule has 0 spiro atoms. The molecule has 0 saturated carbocycles. The number of hydrogen-bond acceptors (Lipinski definition) is 5. The molecule has 0 radical (unpaired) electrons. The quantitative estimate of drug-likeness (QED) is 0.379. The van der Waals surface area contributed by atoms with Gasteiger partial charge in [-0.25, -0.2) is 4.79 Å². The van der Waals surface area contributed by atoms with Crippen LogP contribution in [0, 0.1) is 5.92 Å². The van der Waals surface area contributed by atoms with Crippen molar-refractivity contribution in [1.29, 1.82) is 0 Å². The van der Waals surface area contributed by atoms with Gasteiger partial charge in [0.05, 0.1) is 0 Å². The van der Waals surface area contributed by atoms with Gasteiger partial charge in [-0.1, -0.05) is 11.6 Å². The second kappa shape index (κ2) is 27.4. The van der Waals surface area contributed by atoms with Gasteiger partial charge in [0.2, 0.25) is 0 Å². The zero-order valence-corrected chi connectivity index (χ0v) is 21.5. The van der Waals surface area contributed by atoms with Crippen LogP contribution in [0.5, 0.6) is 5.75 Å². The number of carbonyl (C=O) groups is 1. The largest absolute Gasteiger partial charge is 0.482 e. The number of aliphatic hydroxyl groups is 3. The maximum atomic E-state index is 10.1. The van der Waals surface area contributed by atoms with Gasteiger partial charge < -0.3 is 31.1 Å². The second-order valence-electron chi connectivity index (χ2n) is 6.92. The van der Waals surface area contributed by atoms with E-state index in [0.717, 1.165) is 0 Å². The number of halogens is 1. The van der Waals surface area contributed by atoms with E-state index in [2.05, 4.69) is 20.8 Å². The Hall–Kier alpha value is -0.626. The maximum Gasteiger partial charge on any atom is 0.341 e. The predicted octanol–water partition coefficient (Wildman–Crippen LogP) is 4.58. The van der Waals surface area contributed by atoms with Crippen molar-refractivity contribution in [2.45, 2.75) is 80.6 Å². The minimum Gasteiger partial charge on any atom is -0.482 e. The Balaban J connectivity index is -0.0000000949. The molecular formula is C21H40ClO6Ti-. The monoisotopic (exact) mass is 471 g/mol. The second-order valence-corrected chi connectivity index (χ2v) is 7.35. The van der Waals surface area contributed by atoms with Crippen LogP contribution in [0.25, 0.3) is 0 Å². The van der Waals surface area contributed by atoms with Crippen molar-refractivity contribution in [3.63, 3.8) is 0 Å². The average Bonchev–Trinajstić information content (AvgIpc) is 2.44. The van der Waals surface area contributed by atoms with Crippen molar-refractivity contribution in [2.24, 2.45) is 0 Å². The number of benzene rings is 1. The van der Waals surface area contributed by atoms with Crippen molar-refractivity contribution < 1.29 is 51.7 Å². The molecule has 0 fully saturated rings. The van der Waals surface area contributed by atoms with Gasteiger partial charge in [-0.15, -0.1) is 0 Å². The molecule has 29 heavy (non-hydrogen) atoms. The molecule has 0 bridgehead atoms. The van der Waals surface area contributed by atoms with Crippen molar-refractivity contribution in [2.75, 3.05) is 6.61 Å². The molecule has 1 aromatic rings. The van der Waals surface area contributed by atoms with Crippen molar-refractivity contribution in [3.05, 3.63) is 35.2 Å². The first-order valence-corrected chi connectivity index (χ1v) is 9.40. The predicted molar refractivity (Wildman–Crippen MR) is 117 cm³/mol. The smallest absolute Gasteiger partial charge is 0.341 e. The molecule has 172 valence electrons. The summed E-state index contributed by atoms with van der Waals surface area (Å²) in [4.78, 5) is 10.1. The molecule has 0 aliphatic heterocycles. The van der Waals surface area contributed by atoms with Gasteiger partial charge >= 0.3 is 5.97 Å². The Morgan fingerprint density at radius 1 is 0.897 bits per heavy atom. The molecule has 6 nitrogen and oxygen atoms in total. The van der Waals surface area contributed by atoms with E-state index in [1.807, 2.05) is 0 Å². The third-order valence-corrected chi connectivity index (χ3v) is 1.43. The van der Waals surface area contributed by atoms with Crippen LogP contribution in [0.3, 0.4) is 0 Å². The molecule has 1 rings (SSSR count). The van der Waals surface area contributed by atoms with Crippen LogP contribution in [0.15, 0.2) is 24.3 Å². The third kappa shape index (κ3) is 85.3. The van der Waals surface area contributed by atoms with Gasteiger partial charge in [0.15, 0.2) is 6.61 Å². The van der Waals surface area contributed by atoms with Crippen LogP contribution in [0.1, 0.15) is 62.3 Å². The molecule has 0 saturated heterocycles. The molecule has 1 aromatic carbocycles. The third-order valence-electron chi connectivity index (χ3n) is 1.18. The number of ether oxygens (including phenoxy) is 1. The Morgan fingerprint density at radius 2 is 1.14 bits per heavy atom. The van der Waals surface area contributed by atoms with Gasteiger partial charge in [0.25, 0.3) is 0 Å². The number of rotatable bonds is 3. The summed E-state index contributed by atoms with van der Waals surface area (Å²) in [5, 5.41) is 33.0. The zero-order chi connectivity index (χ0) is 23.3. The summed E-state index contributed by atoms with van der Waals surface area (Å²) in [6.45, 7) is 16.3. The molecule has 0 aliphatic carbocycles. The van der Waals surface area contributed by atoms with Crippen LogP contribution in [0.4, 0.5) is 0 Å². The minimum absolute atomic E-state index is 0. The van der Waals surface area contributed by atoms with E-state index in [-0.39, 0.29) is 46.6 Å². The summed E-state index contributed by atoms with van der Waals surface area (Å²) in [5.41, 5.74) is 0. The number of carboxylic acid groups (broad SMARTS) is 1. The fourth-order valence-corrected chi connectivity index (χ4v) is 0.802. The van der Waals surface area contributed by atoms with Gasteiger partial charge in [0, 0.05) is 45.1 Å². The summed E-state index contributed by atoms with van der Waals surface area (Å²) >= 11 is 5.60. The first kappa shape index (κ1) is 38.9. The van der Waals surface area contributed by atoms with Crippen molar-refractivity contribution in [3.8, 4) is 5.75 Å². The molecule has 0 aromatic heterocycles. The normalized spacial score (nSPS) is 8.86. The van der Waals surface area contributed by atoms with E-state index in [4.69, 9.17) is 36.8 Å². The van der Waals surface area contributed by atoms with E-state index < -0.39 is 5.97 Å². The SMILES string of the molecule is CC(C)O.CC(C)O.CC(C)O.C[C-](C)C.O=C(O)COc1ccc(Cl)cc1.[Ti]. The number of hydrogen-bond donors (Lipinski definition) is 4. The number of carboxylic acids is 1. The van der Waals surface area contributed by atoms with E-state index in [0.29, 0.717) is 10.8 Å². The van der Waals surface area contributed by atoms with Gasteiger partial charge in [-0.05, 0) is 65.8 Å². The van der Waals surface area contributed by atoms with Crippen LogP contribution in [-0.2, 0) is 26.5 Å². The molecule has 0 amide bonds. The van der Waals surface area contributed by atoms with Crippen molar-refractivity contribution >= 4 is 17.6 Å².